The van der Waals surface area contributed by atoms with Crippen molar-refractivity contribution in [1.29, 1.82) is 0 Å². The lowest BCUT2D eigenvalue weighted by Gasteiger charge is -2.09. The van der Waals surface area contributed by atoms with E-state index in [0.29, 0.717) is 6.42 Å². The van der Waals surface area contributed by atoms with Crippen LogP contribution >= 0.6 is 23.4 Å². The largest absolute Gasteiger partial charge is 0.399 e. The molecule has 108 valence electrons. The lowest BCUT2D eigenvalue weighted by atomic mass is 10.3. The first-order valence-corrected chi connectivity index (χ1v) is 8.87. The molecule has 0 aromatic heterocycles. The highest BCUT2D eigenvalue weighted by Gasteiger charge is 2.21. The van der Waals surface area contributed by atoms with E-state index in [4.69, 9.17) is 17.3 Å². The minimum Gasteiger partial charge on any atom is -0.399 e. The van der Waals surface area contributed by atoms with Gasteiger partial charge in [-0.1, -0.05) is 11.6 Å². The predicted molar refractivity (Wildman–Crippen MR) is 78.6 cm³/mol. The van der Waals surface area contributed by atoms with Crippen molar-refractivity contribution in [3.63, 3.8) is 0 Å². The maximum Gasteiger partial charge on any atom is 0.243 e. The average Bonchev–Trinajstić information content (AvgIpc) is 2.33. The number of nitrogen functional groups attached to an aromatic ring is 1. The van der Waals surface area contributed by atoms with Gasteiger partial charge < -0.3 is 5.73 Å². The van der Waals surface area contributed by atoms with Crippen LogP contribution in [-0.4, -0.2) is 27.0 Å². The van der Waals surface area contributed by atoms with Gasteiger partial charge in [0, 0.05) is 12.2 Å². The molecule has 0 bridgehead atoms. The minimum absolute atomic E-state index is 0.106. The molecule has 4 nitrogen and oxygen atoms in total. The highest BCUT2D eigenvalue weighted by atomic mass is 35.5. The lowest BCUT2D eigenvalue weighted by Crippen LogP contribution is -2.26. The van der Waals surface area contributed by atoms with Gasteiger partial charge in [-0.2, -0.15) is 11.8 Å². The van der Waals surface area contributed by atoms with Crippen molar-refractivity contribution in [2.75, 3.05) is 24.3 Å². The fourth-order valence-corrected chi connectivity index (χ4v) is 3.42. The molecule has 19 heavy (non-hydrogen) atoms. The number of benzene rings is 1. The third-order valence-electron chi connectivity index (χ3n) is 2.37. The quantitative estimate of drug-likeness (QED) is 0.596. The van der Waals surface area contributed by atoms with Gasteiger partial charge in [-0.15, -0.1) is 0 Å². The summed E-state index contributed by atoms with van der Waals surface area (Å²) in [5.74, 6) is -0.0207. The Morgan fingerprint density at radius 2 is 2.11 bits per heavy atom. The molecule has 1 aromatic carbocycles. The number of thioether (sulfide) groups is 1. The van der Waals surface area contributed by atoms with Gasteiger partial charge in [-0.25, -0.2) is 17.5 Å². The van der Waals surface area contributed by atoms with E-state index in [0.717, 1.165) is 18.2 Å². The molecule has 0 heterocycles. The number of halogens is 2. The highest BCUT2D eigenvalue weighted by molar-refractivity contribution is 7.98. The van der Waals surface area contributed by atoms with E-state index in [9.17, 15) is 12.8 Å². The van der Waals surface area contributed by atoms with Crippen LogP contribution in [-0.2, 0) is 10.0 Å². The molecule has 1 aromatic rings. The van der Waals surface area contributed by atoms with Crippen LogP contribution in [0.25, 0.3) is 0 Å². The number of nitrogens with two attached hydrogens (primary N) is 1. The van der Waals surface area contributed by atoms with Crippen LogP contribution in [0, 0.1) is 5.82 Å². The summed E-state index contributed by atoms with van der Waals surface area (Å²) >= 11 is 7.27. The van der Waals surface area contributed by atoms with Crippen molar-refractivity contribution in [1.82, 2.24) is 4.72 Å². The number of sulfonamides is 1. The van der Waals surface area contributed by atoms with E-state index in [1.807, 2.05) is 6.26 Å². The molecule has 0 radical (unpaired) electrons. The van der Waals surface area contributed by atoms with E-state index in [-0.39, 0.29) is 17.3 Å². The van der Waals surface area contributed by atoms with Gasteiger partial charge in [0.05, 0.1) is 5.02 Å². The summed E-state index contributed by atoms with van der Waals surface area (Å²) in [6, 6.07) is 2.24. The molecule has 0 fully saturated rings. The first-order chi connectivity index (χ1) is 8.88. The molecule has 8 heteroatoms. The van der Waals surface area contributed by atoms with Crippen molar-refractivity contribution in [3.05, 3.63) is 23.0 Å². The molecule has 0 amide bonds. The molecule has 0 saturated heterocycles. The third-order valence-corrected chi connectivity index (χ3v) is 4.81. The maximum absolute atomic E-state index is 13.7. The van der Waals surface area contributed by atoms with Crippen LogP contribution in [0.3, 0.4) is 0 Å². The topological polar surface area (TPSA) is 72.2 Å². The summed E-state index contributed by atoms with van der Waals surface area (Å²) in [7, 11) is -3.92. The molecule has 0 spiro atoms. The SMILES string of the molecule is CSCCCCNS(=O)(=O)c1cc(N)cc(Cl)c1F. The van der Waals surface area contributed by atoms with Crippen LogP contribution in [0.15, 0.2) is 17.0 Å². The molecule has 0 saturated carbocycles. The third kappa shape index (κ3) is 4.83. The lowest BCUT2D eigenvalue weighted by molar-refractivity contribution is 0.555. The first kappa shape index (κ1) is 16.6. The van der Waals surface area contributed by atoms with Crippen LogP contribution in [0.5, 0.6) is 0 Å². The van der Waals surface area contributed by atoms with Crippen molar-refractivity contribution in [3.8, 4) is 0 Å². The zero-order chi connectivity index (χ0) is 14.5. The average molecular weight is 327 g/mol. The molecule has 0 aliphatic rings. The second-order valence-electron chi connectivity index (χ2n) is 3.91. The van der Waals surface area contributed by atoms with Gasteiger partial charge in [0.1, 0.15) is 4.90 Å². The van der Waals surface area contributed by atoms with Crippen molar-refractivity contribution < 1.29 is 12.8 Å². The number of anilines is 1. The highest BCUT2D eigenvalue weighted by Crippen LogP contribution is 2.25. The molecular weight excluding hydrogens is 311 g/mol. The molecular formula is C11H16ClFN2O2S2. The van der Waals surface area contributed by atoms with Gasteiger partial charge in [0.15, 0.2) is 5.82 Å². The molecule has 1 rings (SSSR count). The summed E-state index contributed by atoms with van der Waals surface area (Å²) in [6.45, 7) is 0.259. The summed E-state index contributed by atoms with van der Waals surface area (Å²) < 4.78 is 39.9. The number of hydrogen-bond acceptors (Lipinski definition) is 4. The number of unbranched alkanes of at least 4 members (excludes halogenated alkanes) is 1. The Hall–Kier alpha value is -0.500. The van der Waals surface area contributed by atoms with Crippen LogP contribution in [0.2, 0.25) is 5.02 Å². The van der Waals surface area contributed by atoms with E-state index in [1.165, 1.54) is 6.07 Å². The summed E-state index contributed by atoms with van der Waals surface area (Å²) in [5.41, 5.74) is 5.58. The Morgan fingerprint density at radius 1 is 1.42 bits per heavy atom. The van der Waals surface area contributed by atoms with Crippen LogP contribution in [0.4, 0.5) is 10.1 Å². The van der Waals surface area contributed by atoms with Crippen molar-refractivity contribution in [2.24, 2.45) is 0 Å². The van der Waals surface area contributed by atoms with Crippen molar-refractivity contribution in [2.45, 2.75) is 17.7 Å². The fourth-order valence-electron chi connectivity index (χ4n) is 1.44. The Bertz CT molecular complexity index is 538. The van der Waals surface area contributed by atoms with Gasteiger partial charge in [-0.05, 0) is 37.0 Å². The maximum atomic E-state index is 13.7. The Kier molecular flexibility index (Phi) is 6.38. The second-order valence-corrected chi connectivity index (χ2v) is 7.04. The smallest absolute Gasteiger partial charge is 0.243 e. The Labute approximate surface area is 121 Å². The molecule has 3 N–H and O–H groups in total. The van der Waals surface area contributed by atoms with E-state index in [1.54, 1.807) is 11.8 Å². The monoisotopic (exact) mass is 326 g/mol. The Morgan fingerprint density at radius 3 is 2.74 bits per heavy atom. The number of rotatable bonds is 7. The summed E-state index contributed by atoms with van der Waals surface area (Å²) in [4.78, 5) is -0.512. The predicted octanol–water partition coefficient (Wildman–Crippen LogP) is 2.48. The first-order valence-electron chi connectivity index (χ1n) is 5.61. The zero-order valence-electron chi connectivity index (χ0n) is 10.4. The van der Waals surface area contributed by atoms with Crippen LogP contribution < -0.4 is 10.5 Å². The molecule has 0 atom stereocenters. The fraction of sp³-hybridized carbons (Fsp3) is 0.455. The van der Waals surface area contributed by atoms with E-state index in [2.05, 4.69) is 4.72 Å². The summed E-state index contributed by atoms with van der Waals surface area (Å²) in [5, 5.41) is -0.303. The van der Waals surface area contributed by atoms with Gasteiger partial charge >= 0.3 is 0 Å². The molecule has 0 unspecified atom stereocenters. The van der Waals surface area contributed by atoms with Crippen LogP contribution in [0.1, 0.15) is 12.8 Å². The molecule has 0 aliphatic heterocycles. The zero-order valence-corrected chi connectivity index (χ0v) is 12.8. The van der Waals surface area contributed by atoms with Gasteiger partial charge in [0.2, 0.25) is 10.0 Å². The van der Waals surface area contributed by atoms with E-state index >= 15 is 0 Å². The number of hydrogen-bond donors (Lipinski definition) is 2. The standard InChI is InChI=1S/C11H16ClFN2O2S2/c1-18-5-3-2-4-15-19(16,17)10-7-8(14)6-9(12)11(10)13/h6-7,15H,2-5,14H2,1H3. The number of nitrogens with one attached hydrogen (secondary N) is 1. The minimum atomic E-state index is -3.92. The van der Waals surface area contributed by atoms with Crippen molar-refractivity contribution >= 4 is 39.1 Å². The molecule has 0 aliphatic carbocycles. The van der Waals surface area contributed by atoms with Gasteiger partial charge in [-0.3, -0.25) is 0 Å². The van der Waals surface area contributed by atoms with E-state index < -0.39 is 20.7 Å². The Balaban J connectivity index is 2.78. The second kappa shape index (κ2) is 7.33. The summed E-state index contributed by atoms with van der Waals surface area (Å²) in [6.07, 6.45) is 3.57. The van der Waals surface area contributed by atoms with Gasteiger partial charge in [0.25, 0.3) is 0 Å². The normalized spacial score (nSPS) is 11.7.